The van der Waals surface area contributed by atoms with Crippen LogP contribution in [0.25, 0.3) is 0 Å². The molecular weight excluding hydrogens is 414 g/mol. The van der Waals surface area contributed by atoms with Crippen molar-refractivity contribution in [3.8, 4) is 5.75 Å². The normalized spacial score (nSPS) is 12.7. The number of aliphatic hydroxyl groups is 1. The maximum absolute atomic E-state index is 12.4. The molecule has 0 heterocycles. The minimum Gasteiger partial charge on any atom is -0.489 e. The summed E-state index contributed by atoms with van der Waals surface area (Å²) >= 11 is 6.18. The molecule has 3 aromatic rings. The maximum Gasteiger partial charge on any atom is 0.312 e. The Bertz CT molecular complexity index is 966. The summed E-state index contributed by atoms with van der Waals surface area (Å²) < 4.78 is 10.9. The summed E-state index contributed by atoms with van der Waals surface area (Å²) in [5.41, 5.74) is 2.52. The molecule has 6 heteroatoms. The van der Waals surface area contributed by atoms with Crippen LogP contribution in [0.1, 0.15) is 22.8 Å². The zero-order valence-corrected chi connectivity index (χ0v) is 18.1. The van der Waals surface area contributed by atoms with Gasteiger partial charge in [0.1, 0.15) is 12.4 Å². The van der Waals surface area contributed by atoms with Crippen molar-refractivity contribution < 1.29 is 19.4 Å². The van der Waals surface area contributed by atoms with Crippen LogP contribution in [0, 0.1) is 5.92 Å². The number of aliphatic hydroxyl groups excluding tert-OH is 1. The average molecular weight is 440 g/mol. The van der Waals surface area contributed by atoms with E-state index in [9.17, 15) is 9.90 Å². The Morgan fingerprint density at radius 3 is 2.29 bits per heavy atom. The van der Waals surface area contributed by atoms with Crippen LogP contribution in [-0.2, 0) is 22.7 Å². The number of benzene rings is 3. The molecule has 0 saturated heterocycles. The number of rotatable bonds is 10. The number of ether oxygens (including phenoxy) is 2. The van der Waals surface area contributed by atoms with Crippen LogP contribution in [0.3, 0.4) is 0 Å². The Labute approximate surface area is 187 Å². The molecule has 0 aromatic heterocycles. The first-order valence-electron chi connectivity index (χ1n) is 10.0. The lowest BCUT2D eigenvalue weighted by molar-refractivity contribution is -0.149. The van der Waals surface area contributed by atoms with Gasteiger partial charge in [-0.3, -0.25) is 4.79 Å². The van der Waals surface area contributed by atoms with Crippen LogP contribution in [0.4, 0.5) is 0 Å². The van der Waals surface area contributed by atoms with Gasteiger partial charge in [0.15, 0.2) is 0 Å². The van der Waals surface area contributed by atoms with Crippen molar-refractivity contribution in [2.45, 2.75) is 19.3 Å². The fourth-order valence-electron chi connectivity index (χ4n) is 3.28. The summed E-state index contributed by atoms with van der Waals surface area (Å²) in [4.78, 5) is 12.4. The van der Waals surface area contributed by atoms with E-state index in [1.807, 2.05) is 60.7 Å². The van der Waals surface area contributed by atoms with Crippen molar-refractivity contribution in [1.82, 2.24) is 5.32 Å². The van der Waals surface area contributed by atoms with Gasteiger partial charge < -0.3 is 19.9 Å². The van der Waals surface area contributed by atoms with Gasteiger partial charge in [-0.2, -0.15) is 0 Å². The SMILES string of the molecule is COC(=O)C(CNCc1ccccc1)C(O)c1cc(Cl)ccc1OCc1ccccc1. The molecule has 31 heavy (non-hydrogen) atoms. The summed E-state index contributed by atoms with van der Waals surface area (Å²) in [7, 11) is 1.31. The summed E-state index contributed by atoms with van der Waals surface area (Å²) in [6.45, 7) is 1.12. The molecule has 0 aliphatic rings. The lowest BCUT2D eigenvalue weighted by Crippen LogP contribution is -2.34. The van der Waals surface area contributed by atoms with E-state index in [1.54, 1.807) is 18.2 Å². The Morgan fingerprint density at radius 2 is 1.65 bits per heavy atom. The second-order valence-corrected chi connectivity index (χ2v) is 7.58. The predicted octanol–water partition coefficient (Wildman–Crippen LogP) is 4.53. The minimum atomic E-state index is -1.15. The number of hydrogen-bond acceptors (Lipinski definition) is 5. The van der Waals surface area contributed by atoms with Crippen molar-refractivity contribution in [3.05, 3.63) is 101 Å². The van der Waals surface area contributed by atoms with Crippen LogP contribution in [-0.4, -0.2) is 24.7 Å². The molecule has 0 amide bonds. The van der Waals surface area contributed by atoms with Crippen molar-refractivity contribution >= 4 is 17.6 Å². The molecule has 0 aliphatic heterocycles. The molecule has 0 bridgehead atoms. The molecule has 2 N–H and O–H groups in total. The van der Waals surface area contributed by atoms with Crippen molar-refractivity contribution in [2.24, 2.45) is 5.92 Å². The Hall–Kier alpha value is -2.86. The van der Waals surface area contributed by atoms with Gasteiger partial charge >= 0.3 is 5.97 Å². The summed E-state index contributed by atoms with van der Waals surface area (Å²) in [5.74, 6) is -0.869. The molecule has 0 aliphatic carbocycles. The zero-order valence-electron chi connectivity index (χ0n) is 17.3. The van der Waals surface area contributed by atoms with E-state index in [0.29, 0.717) is 29.5 Å². The highest BCUT2D eigenvalue weighted by Gasteiger charge is 2.31. The molecule has 162 valence electrons. The third kappa shape index (κ3) is 6.56. The molecule has 2 atom stereocenters. The van der Waals surface area contributed by atoms with Crippen molar-refractivity contribution in [1.29, 1.82) is 0 Å². The largest absolute Gasteiger partial charge is 0.489 e. The molecule has 0 saturated carbocycles. The molecule has 2 unspecified atom stereocenters. The van der Waals surface area contributed by atoms with E-state index >= 15 is 0 Å². The molecule has 5 nitrogen and oxygen atoms in total. The van der Waals surface area contributed by atoms with Crippen LogP contribution in [0.5, 0.6) is 5.75 Å². The van der Waals surface area contributed by atoms with E-state index in [1.165, 1.54) is 7.11 Å². The number of nitrogens with one attached hydrogen (secondary N) is 1. The number of carbonyl (C=O) groups is 1. The number of halogens is 1. The van der Waals surface area contributed by atoms with Gasteiger partial charge in [-0.1, -0.05) is 72.3 Å². The molecule has 3 aromatic carbocycles. The van der Waals surface area contributed by atoms with Crippen LogP contribution in [0.2, 0.25) is 5.02 Å². The van der Waals surface area contributed by atoms with Gasteiger partial charge in [-0.25, -0.2) is 0 Å². The molecule has 0 fully saturated rings. The van der Waals surface area contributed by atoms with E-state index in [4.69, 9.17) is 21.1 Å². The Morgan fingerprint density at radius 1 is 1.00 bits per heavy atom. The number of esters is 1. The van der Waals surface area contributed by atoms with Gasteiger partial charge in [0.05, 0.1) is 19.1 Å². The zero-order chi connectivity index (χ0) is 22.1. The van der Waals surface area contributed by atoms with Gasteiger partial charge in [0.25, 0.3) is 0 Å². The number of methoxy groups -OCH3 is 1. The Balaban J connectivity index is 1.75. The predicted molar refractivity (Wildman–Crippen MR) is 121 cm³/mol. The highest BCUT2D eigenvalue weighted by molar-refractivity contribution is 6.30. The van der Waals surface area contributed by atoms with Gasteiger partial charge in [0.2, 0.25) is 0 Å². The fraction of sp³-hybridized carbons (Fsp3) is 0.240. The second kappa shape index (κ2) is 11.5. The van der Waals surface area contributed by atoms with E-state index in [2.05, 4.69) is 5.32 Å². The molecular formula is C25H26ClNO4. The van der Waals surface area contributed by atoms with Gasteiger partial charge in [-0.05, 0) is 29.3 Å². The van der Waals surface area contributed by atoms with Crippen molar-refractivity contribution in [2.75, 3.05) is 13.7 Å². The maximum atomic E-state index is 12.4. The lowest BCUT2D eigenvalue weighted by atomic mass is 9.94. The highest BCUT2D eigenvalue weighted by Crippen LogP contribution is 2.33. The highest BCUT2D eigenvalue weighted by atomic mass is 35.5. The fourth-order valence-corrected chi connectivity index (χ4v) is 3.46. The van der Waals surface area contributed by atoms with E-state index in [0.717, 1.165) is 11.1 Å². The monoisotopic (exact) mass is 439 g/mol. The van der Waals surface area contributed by atoms with Gasteiger partial charge in [-0.15, -0.1) is 0 Å². The number of hydrogen-bond donors (Lipinski definition) is 2. The van der Waals surface area contributed by atoms with E-state index in [-0.39, 0.29) is 6.54 Å². The summed E-state index contributed by atoms with van der Waals surface area (Å²) in [6.07, 6.45) is -1.15. The van der Waals surface area contributed by atoms with Crippen LogP contribution >= 0.6 is 11.6 Å². The van der Waals surface area contributed by atoms with Gasteiger partial charge in [0, 0.05) is 23.7 Å². The smallest absolute Gasteiger partial charge is 0.312 e. The first kappa shape index (κ1) is 22.8. The molecule has 3 rings (SSSR count). The Kier molecular flexibility index (Phi) is 8.47. The summed E-state index contributed by atoms with van der Waals surface area (Å²) in [5, 5.41) is 14.8. The first-order valence-corrected chi connectivity index (χ1v) is 10.4. The minimum absolute atomic E-state index is 0.230. The average Bonchev–Trinajstić information content (AvgIpc) is 2.81. The third-order valence-electron chi connectivity index (χ3n) is 4.95. The molecule has 0 spiro atoms. The topological polar surface area (TPSA) is 67.8 Å². The standard InChI is InChI=1S/C25H26ClNO4/c1-30-25(29)22(16-27-15-18-8-4-2-5-9-18)24(28)21-14-20(26)12-13-23(21)31-17-19-10-6-3-7-11-19/h2-14,22,24,27-28H,15-17H2,1H3. The third-order valence-corrected chi connectivity index (χ3v) is 5.18. The number of carbonyl (C=O) groups excluding carboxylic acids is 1. The van der Waals surface area contributed by atoms with Crippen LogP contribution in [0.15, 0.2) is 78.9 Å². The molecule has 0 radical (unpaired) electrons. The van der Waals surface area contributed by atoms with E-state index < -0.39 is 18.0 Å². The summed E-state index contributed by atoms with van der Waals surface area (Å²) in [6, 6.07) is 24.6. The quantitative estimate of drug-likeness (QED) is 0.454. The first-order chi connectivity index (χ1) is 15.1. The second-order valence-electron chi connectivity index (χ2n) is 7.15. The van der Waals surface area contributed by atoms with Crippen molar-refractivity contribution in [3.63, 3.8) is 0 Å². The van der Waals surface area contributed by atoms with Crippen LogP contribution < -0.4 is 10.1 Å². The lowest BCUT2D eigenvalue weighted by Gasteiger charge is -2.24.